The van der Waals surface area contributed by atoms with Crippen LogP contribution in [0.1, 0.15) is 37.0 Å². The maximum absolute atomic E-state index is 10.6. The van der Waals surface area contributed by atoms with Crippen LogP contribution in [0.15, 0.2) is 36.4 Å². The maximum atomic E-state index is 10.6. The quantitative estimate of drug-likeness (QED) is 0.886. The van der Waals surface area contributed by atoms with E-state index in [1.165, 1.54) is 10.9 Å². The Morgan fingerprint density at radius 2 is 1.84 bits per heavy atom. The van der Waals surface area contributed by atoms with E-state index in [9.17, 15) is 5.11 Å². The van der Waals surface area contributed by atoms with Crippen LogP contribution < -0.4 is 0 Å². The Morgan fingerprint density at radius 1 is 1.11 bits per heavy atom. The van der Waals surface area contributed by atoms with Crippen LogP contribution in [0.4, 0.5) is 0 Å². The highest BCUT2D eigenvalue weighted by Gasteiger charge is 2.30. The molecule has 0 radical (unpaired) electrons. The third-order valence-corrected chi connectivity index (χ3v) is 4.11. The summed E-state index contributed by atoms with van der Waals surface area (Å²) in [6, 6.07) is 12.4. The van der Waals surface area contributed by atoms with Crippen LogP contribution in [0.3, 0.4) is 0 Å². The summed E-state index contributed by atoms with van der Waals surface area (Å²) in [6.07, 6.45) is 1.63. The largest absolute Gasteiger partial charge is 0.386 e. The molecule has 0 bridgehead atoms. The van der Waals surface area contributed by atoms with Crippen molar-refractivity contribution >= 4 is 10.8 Å². The van der Waals surface area contributed by atoms with Crippen LogP contribution >= 0.6 is 0 Å². The number of fused-ring (bicyclic) bond motifs is 1. The van der Waals surface area contributed by atoms with Gasteiger partial charge in [-0.05, 0) is 48.6 Å². The molecule has 3 atom stereocenters. The third kappa shape index (κ3) is 2.26. The first-order chi connectivity index (χ1) is 9.16. The second-order valence-electron chi connectivity index (χ2n) is 5.52. The summed E-state index contributed by atoms with van der Waals surface area (Å²) < 4.78 is 5.81. The number of benzene rings is 2. The summed E-state index contributed by atoms with van der Waals surface area (Å²) in [6.45, 7) is 4.17. The van der Waals surface area contributed by atoms with Crippen molar-refractivity contribution in [3.8, 4) is 0 Å². The van der Waals surface area contributed by atoms with E-state index < -0.39 is 6.10 Å². The van der Waals surface area contributed by atoms with E-state index in [-0.39, 0.29) is 12.2 Å². The molecule has 0 spiro atoms. The molecule has 1 heterocycles. The van der Waals surface area contributed by atoms with E-state index in [0.29, 0.717) is 0 Å². The highest BCUT2D eigenvalue weighted by Crippen LogP contribution is 2.34. The van der Waals surface area contributed by atoms with E-state index >= 15 is 0 Å². The fourth-order valence-corrected chi connectivity index (χ4v) is 3.00. The van der Waals surface area contributed by atoms with Crippen LogP contribution in [0.5, 0.6) is 0 Å². The van der Waals surface area contributed by atoms with E-state index in [0.717, 1.165) is 23.8 Å². The van der Waals surface area contributed by atoms with Gasteiger partial charge in [-0.2, -0.15) is 0 Å². The lowest BCUT2D eigenvalue weighted by Crippen LogP contribution is -2.19. The lowest BCUT2D eigenvalue weighted by atomic mass is 9.94. The van der Waals surface area contributed by atoms with Gasteiger partial charge < -0.3 is 9.84 Å². The number of aliphatic hydroxyl groups excluding tert-OH is 1. The summed E-state index contributed by atoms with van der Waals surface area (Å²) in [5.74, 6) is 0. The molecule has 1 aliphatic heterocycles. The standard InChI is InChI=1S/C17H20O2/c1-11-7-9-15(14-6-4-3-5-13(11)14)17(18)16-10-8-12(2)19-16/h3-7,9,12,16-18H,8,10H2,1-2H3. The van der Waals surface area contributed by atoms with Gasteiger partial charge in [0.25, 0.3) is 0 Å². The number of ether oxygens (including phenoxy) is 1. The summed E-state index contributed by atoms with van der Waals surface area (Å²) in [5, 5.41) is 13.0. The Morgan fingerprint density at radius 3 is 2.53 bits per heavy atom. The number of rotatable bonds is 2. The molecule has 19 heavy (non-hydrogen) atoms. The molecule has 3 rings (SSSR count). The Labute approximate surface area is 114 Å². The first kappa shape index (κ1) is 12.6. The highest BCUT2D eigenvalue weighted by atomic mass is 16.5. The molecule has 0 saturated carbocycles. The normalized spacial score (nSPS) is 24.8. The first-order valence-electron chi connectivity index (χ1n) is 6.98. The van der Waals surface area contributed by atoms with Crippen LogP contribution in [0, 0.1) is 6.92 Å². The van der Waals surface area contributed by atoms with Crippen LogP contribution in [-0.2, 0) is 4.74 Å². The Kier molecular flexibility index (Phi) is 3.29. The van der Waals surface area contributed by atoms with Crippen LogP contribution in [-0.4, -0.2) is 17.3 Å². The van der Waals surface area contributed by atoms with Crippen molar-refractivity contribution < 1.29 is 9.84 Å². The van der Waals surface area contributed by atoms with Gasteiger partial charge in [-0.25, -0.2) is 0 Å². The zero-order valence-electron chi connectivity index (χ0n) is 11.5. The lowest BCUT2D eigenvalue weighted by molar-refractivity contribution is -0.0291. The number of hydrogen-bond donors (Lipinski definition) is 1. The van der Waals surface area contributed by atoms with Crippen molar-refractivity contribution in [1.29, 1.82) is 0 Å². The molecule has 1 aliphatic rings. The van der Waals surface area contributed by atoms with Gasteiger partial charge in [0.05, 0.1) is 12.2 Å². The Balaban J connectivity index is 2.03. The monoisotopic (exact) mass is 256 g/mol. The van der Waals surface area contributed by atoms with E-state index in [1.807, 2.05) is 18.2 Å². The average Bonchev–Trinajstić information content (AvgIpc) is 2.86. The molecule has 0 amide bonds. The Hall–Kier alpha value is -1.38. The van der Waals surface area contributed by atoms with E-state index in [4.69, 9.17) is 4.74 Å². The minimum atomic E-state index is -0.532. The summed E-state index contributed by atoms with van der Waals surface area (Å²) in [4.78, 5) is 0. The smallest absolute Gasteiger partial charge is 0.106 e. The lowest BCUT2D eigenvalue weighted by Gasteiger charge is -2.21. The average molecular weight is 256 g/mol. The van der Waals surface area contributed by atoms with Crippen molar-refractivity contribution in [2.75, 3.05) is 0 Å². The van der Waals surface area contributed by atoms with E-state index in [1.54, 1.807) is 0 Å². The molecule has 1 fully saturated rings. The SMILES string of the molecule is Cc1ccc(C(O)C2CCC(C)O2)c2ccccc12. The molecule has 0 aliphatic carbocycles. The molecule has 0 aromatic heterocycles. The molecular formula is C17H20O2. The number of aryl methyl sites for hydroxylation is 1. The van der Waals surface area contributed by atoms with Crippen molar-refractivity contribution in [2.45, 2.75) is 45.0 Å². The highest BCUT2D eigenvalue weighted by molar-refractivity contribution is 5.88. The minimum absolute atomic E-state index is 0.0684. The van der Waals surface area contributed by atoms with Crippen LogP contribution in [0.25, 0.3) is 10.8 Å². The zero-order valence-corrected chi connectivity index (χ0v) is 11.5. The molecular weight excluding hydrogens is 236 g/mol. The van der Waals surface area contributed by atoms with Gasteiger partial charge in [0.15, 0.2) is 0 Å². The predicted octanol–water partition coefficient (Wildman–Crippen LogP) is 3.75. The molecule has 3 unspecified atom stereocenters. The molecule has 1 saturated heterocycles. The zero-order chi connectivity index (χ0) is 13.4. The summed E-state index contributed by atoms with van der Waals surface area (Å²) >= 11 is 0. The van der Waals surface area contributed by atoms with Crippen molar-refractivity contribution in [3.05, 3.63) is 47.5 Å². The van der Waals surface area contributed by atoms with Gasteiger partial charge in [-0.3, -0.25) is 0 Å². The number of aliphatic hydroxyl groups is 1. The van der Waals surface area contributed by atoms with Gasteiger partial charge in [0.1, 0.15) is 6.10 Å². The first-order valence-corrected chi connectivity index (χ1v) is 6.98. The number of hydrogen-bond acceptors (Lipinski definition) is 2. The van der Waals surface area contributed by atoms with Gasteiger partial charge in [-0.1, -0.05) is 36.4 Å². The van der Waals surface area contributed by atoms with Gasteiger partial charge >= 0.3 is 0 Å². The molecule has 2 heteroatoms. The van der Waals surface area contributed by atoms with Crippen molar-refractivity contribution in [2.24, 2.45) is 0 Å². The predicted molar refractivity (Wildman–Crippen MR) is 77.2 cm³/mol. The molecule has 2 nitrogen and oxygen atoms in total. The molecule has 2 aromatic rings. The van der Waals surface area contributed by atoms with E-state index in [2.05, 4.69) is 32.0 Å². The third-order valence-electron chi connectivity index (χ3n) is 4.11. The van der Waals surface area contributed by atoms with Gasteiger partial charge in [0, 0.05) is 0 Å². The molecule has 1 N–H and O–H groups in total. The summed E-state index contributed by atoms with van der Waals surface area (Å²) in [5.41, 5.74) is 2.23. The second-order valence-corrected chi connectivity index (χ2v) is 5.52. The summed E-state index contributed by atoms with van der Waals surface area (Å²) in [7, 11) is 0. The second kappa shape index (κ2) is 4.95. The van der Waals surface area contributed by atoms with Crippen molar-refractivity contribution in [3.63, 3.8) is 0 Å². The van der Waals surface area contributed by atoms with Gasteiger partial charge in [0.2, 0.25) is 0 Å². The fourth-order valence-electron chi connectivity index (χ4n) is 3.00. The topological polar surface area (TPSA) is 29.5 Å². The minimum Gasteiger partial charge on any atom is -0.386 e. The molecule has 100 valence electrons. The fraction of sp³-hybridized carbons (Fsp3) is 0.412. The molecule has 2 aromatic carbocycles. The van der Waals surface area contributed by atoms with Crippen molar-refractivity contribution in [1.82, 2.24) is 0 Å². The Bertz CT molecular complexity index is 591. The van der Waals surface area contributed by atoms with Gasteiger partial charge in [-0.15, -0.1) is 0 Å². The van der Waals surface area contributed by atoms with Crippen LogP contribution in [0.2, 0.25) is 0 Å². The maximum Gasteiger partial charge on any atom is 0.106 e.